The van der Waals surface area contributed by atoms with Crippen LogP contribution in [0.15, 0.2) is 0 Å². The van der Waals surface area contributed by atoms with Crippen LogP contribution in [0.2, 0.25) is 0 Å². The van der Waals surface area contributed by atoms with E-state index in [1.54, 1.807) is 19.3 Å². The summed E-state index contributed by atoms with van der Waals surface area (Å²) >= 11 is 0. The first-order chi connectivity index (χ1) is 9.68. The van der Waals surface area contributed by atoms with E-state index in [9.17, 15) is 0 Å². The molecule has 5 rings (SSSR count). The van der Waals surface area contributed by atoms with Crippen LogP contribution >= 0.6 is 0 Å². The van der Waals surface area contributed by atoms with Gasteiger partial charge in [-0.25, -0.2) is 0 Å². The minimum atomic E-state index is 0.661. The topological polar surface area (TPSA) is 15.3 Å². The molecule has 0 aromatic rings. The molecule has 1 N–H and O–H groups in total. The summed E-state index contributed by atoms with van der Waals surface area (Å²) in [4.78, 5) is 2.66. The number of hydrogen-bond donors (Lipinski definition) is 1. The molecule has 0 aromatic carbocycles. The summed E-state index contributed by atoms with van der Waals surface area (Å²) < 4.78 is 0. The first-order valence-corrected chi connectivity index (χ1v) is 9.12. The van der Waals surface area contributed by atoms with Gasteiger partial charge in [0.15, 0.2) is 0 Å². The van der Waals surface area contributed by atoms with Crippen LogP contribution in [-0.4, -0.2) is 37.1 Å². The molecular weight excluding hydrogens is 244 g/mol. The molecule has 5 aliphatic carbocycles. The van der Waals surface area contributed by atoms with E-state index in [1.807, 2.05) is 0 Å². The van der Waals surface area contributed by atoms with Crippen LogP contribution in [0.5, 0.6) is 0 Å². The average molecular weight is 276 g/mol. The number of rotatable bonds is 6. The van der Waals surface area contributed by atoms with Crippen molar-refractivity contribution in [3.8, 4) is 0 Å². The molecule has 1 unspecified atom stereocenters. The van der Waals surface area contributed by atoms with Crippen molar-refractivity contribution in [1.82, 2.24) is 10.2 Å². The van der Waals surface area contributed by atoms with Crippen molar-refractivity contribution in [3.05, 3.63) is 0 Å². The average Bonchev–Trinajstić information content (AvgIpc) is 3.20. The normalized spacial score (nSPS) is 44.2. The SMILES string of the molecule is CCNC(CN(C)C1CC1)C12CC3CC(CC(C3)C1)C2. The fraction of sp³-hybridized carbons (Fsp3) is 1.00. The van der Waals surface area contributed by atoms with Gasteiger partial charge in [-0.05, 0) is 88.1 Å². The number of nitrogens with zero attached hydrogens (tertiary/aromatic N) is 1. The van der Waals surface area contributed by atoms with E-state index >= 15 is 0 Å². The van der Waals surface area contributed by atoms with Crippen molar-refractivity contribution >= 4 is 0 Å². The Morgan fingerprint density at radius 3 is 2.05 bits per heavy atom. The molecule has 5 saturated carbocycles. The zero-order valence-electron chi connectivity index (χ0n) is 13.4. The van der Waals surface area contributed by atoms with E-state index in [0.717, 1.165) is 36.4 Å². The van der Waals surface area contributed by atoms with Crippen LogP contribution < -0.4 is 5.32 Å². The summed E-state index contributed by atoms with van der Waals surface area (Å²) in [6.07, 6.45) is 12.2. The molecule has 0 radical (unpaired) electrons. The molecule has 0 aliphatic heterocycles. The number of hydrogen-bond acceptors (Lipinski definition) is 2. The Kier molecular flexibility index (Phi) is 3.38. The van der Waals surface area contributed by atoms with E-state index in [1.165, 1.54) is 38.6 Å². The number of likely N-dealkylation sites (N-methyl/N-ethyl adjacent to an activating group) is 2. The maximum atomic E-state index is 3.91. The Labute approximate surface area is 124 Å². The highest BCUT2D eigenvalue weighted by molar-refractivity contribution is 5.07. The van der Waals surface area contributed by atoms with Crippen LogP contribution in [0.25, 0.3) is 0 Å². The summed E-state index contributed by atoms with van der Waals surface area (Å²) in [6.45, 7) is 4.74. The fourth-order valence-electron chi connectivity index (χ4n) is 6.28. The minimum absolute atomic E-state index is 0.661. The van der Waals surface area contributed by atoms with E-state index in [2.05, 4.69) is 24.2 Å². The molecular formula is C18H32N2. The largest absolute Gasteiger partial charge is 0.312 e. The molecule has 0 spiro atoms. The van der Waals surface area contributed by atoms with Gasteiger partial charge in [-0.2, -0.15) is 0 Å². The van der Waals surface area contributed by atoms with Crippen molar-refractivity contribution < 1.29 is 0 Å². The van der Waals surface area contributed by atoms with Gasteiger partial charge in [0.25, 0.3) is 0 Å². The minimum Gasteiger partial charge on any atom is -0.312 e. The van der Waals surface area contributed by atoms with Crippen LogP contribution in [0.3, 0.4) is 0 Å². The maximum absolute atomic E-state index is 3.91. The molecule has 0 heterocycles. The lowest BCUT2D eigenvalue weighted by Crippen LogP contribution is -2.59. The van der Waals surface area contributed by atoms with E-state index in [-0.39, 0.29) is 0 Å². The van der Waals surface area contributed by atoms with Gasteiger partial charge in [-0.3, -0.25) is 0 Å². The predicted molar refractivity (Wildman–Crippen MR) is 83.7 cm³/mol. The Morgan fingerprint density at radius 2 is 1.60 bits per heavy atom. The standard InChI is InChI=1S/C18H32N2/c1-3-19-17(12-20(2)16-4-5-16)18-9-13-6-14(10-18)8-15(7-13)11-18/h13-17,19H,3-12H2,1-2H3. The van der Waals surface area contributed by atoms with Crippen molar-refractivity contribution in [2.75, 3.05) is 20.1 Å². The molecule has 0 saturated heterocycles. The van der Waals surface area contributed by atoms with E-state index < -0.39 is 0 Å². The Bertz CT molecular complexity index is 325. The van der Waals surface area contributed by atoms with Gasteiger partial charge in [0, 0.05) is 18.6 Å². The fourth-order valence-corrected chi connectivity index (χ4v) is 6.28. The highest BCUT2D eigenvalue weighted by atomic mass is 15.2. The van der Waals surface area contributed by atoms with Gasteiger partial charge in [-0.15, -0.1) is 0 Å². The molecule has 114 valence electrons. The van der Waals surface area contributed by atoms with Gasteiger partial charge in [0.05, 0.1) is 0 Å². The van der Waals surface area contributed by atoms with Crippen LogP contribution in [0.1, 0.15) is 58.3 Å². The monoisotopic (exact) mass is 276 g/mol. The maximum Gasteiger partial charge on any atom is 0.0251 e. The van der Waals surface area contributed by atoms with Crippen molar-refractivity contribution in [2.24, 2.45) is 23.2 Å². The van der Waals surface area contributed by atoms with Crippen LogP contribution in [0, 0.1) is 23.2 Å². The third-order valence-corrected chi connectivity index (χ3v) is 6.92. The van der Waals surface area contributed by atoms with Crippen molar-refractivity contribution in [1.29, 1.82) is 0 Å². The van der Waals surface area contributed by atoms with Gasteiger partial charge < -0.3 is 10.2 Å². The van der Waals surface area contributed by atoms with Crippen LogP contribution in [0.4, 0.5) is 0 Å². The van der Waals surface area contributed by atoms with Gasteiger partial charge >= 0.3 is 0 Å². The Hall–Kier alpha value is -0.0800. The quantitative estimate of drug-likeness (QED) is 0.801. The third kappa shape index (κ3) is 2.33. The summed E-state index contributed by atoms with van der Waals surface area (Å²) in [5, 5.41) is 3.91. The van der Waals surface area contributed by atoms with Gasteiger partial charge in [0.1, 0.15) is 0 Å². The second-order valence-corrected chi connectivity index (χ2v) is 8.56. The lowest BCUT2D eigenvalue weighted by molar-refractivity contribution is -0.0779. The Morgan fingerprint density at radius 1 is 1.05 bits per heavy atom. The second-order valence-electron chi connectivity index (χ2n) is 8.56. The lowest BCUT2D eigenvalue weighted by atomic mass is 9.47. The van der Waals surface area contributed by atoms with Crippen LogP contribution in [-0.2, 0) is 0 Å². The molecule has 0 aromatic heterocycles. The molecule has 5 aliphatic rings. The first-order valence-electron chi connectivity index (χ1n) is 9.12. The lowest BCUT2D eigenvalue weighted by Gasteiger charge is -2.60. The van der Waals surface area contributed by atoms with Gasteiger partial charge in [-0.1, -0.05) is 6.92 Å². The summed E-state index contributed by atoms with van der Waals surface area (Å²) in [7, 11) is 2.36. The molecule has 1 atom stereocenters. The zero-order valence-corrected chi connectivity index (χ0v) is 13.4. The van der Waals surface area contributed by atoms with Crippen molar-refractivity contribution in [3.63, 3.8) is 0 Å². The predicted octanol–water partition coefficient (Wildman–Crippen LogP) is 3.28. The van der Waals surface area contributed by atoms with Gasteiger partial charge in [0.2, 0.25) is 0 Å². The summed E-state index contributed by atoms with van der Waals surface area (Å²) in [6, 6.07) is 1.66. The van der Waals surface area contributed by atoms with E-state index in [4.69, 9.17) is 0 Å². The smallest absolute Gasteiger partial charge is 0.0251 e. The molecule has 4 bridgehead atoms. The third-order valence-electron chi connectivity index (χ3n) is 6.92. The molecule has 20 heavy (non-hydrogen) atoms. The Balaban J connectivity index is 1.52. The second kappa shape index (κ2) is 4.98. The highest BCUT2D eigenvalue weighted by Gasteiger charge is 2.54. The summed E-state index contributed by atoms with van der Waals surface area (Å²) in [5.41, 5.74) is 0.661. The highest BCUT2D eigenvalue weighted by Crippen LogP contribution is 2.61. The number of nitrogens with one attached hydrogen (secondary N) is 1. The van der Waals surface area contributed by atoms with E-state index in [0.29, 0.717) is 5.41 Å². The molecule has 0 amide bonds. The summed E-state index contributed by atoms with van der Waals surface area (Å²) in [5.74, 6) is 3.23. The molecule has 2 nitrogen and oxygen atoms in total. The molecule has 2 heteroatoms. The first kappa shape index (κ1) is 13.6. The zero-order chi connectivity index (χ0) is 13.7. The molecule has 5 fully saturated rings. The van der Waals surface area contributed by atoms with Crippen molar-refractivity contribution in [2.45, 2.75) is 70.4 Å².